The zero-order valence-corrected chi connectivity index (χ0v) is 21.6. The fourth-order valence-electron chi connectivity index (χ4n) is 6.04. The van der Waals surface area contributed by atoms with Gasteiger partial charge in [-0.3, -0.25) is 0 Å². The van der Waals surface area contributed by atoms with Crippen LogP contribution in [-0.2, 0) is 7.05 Å². The number of aromatic nitrogens is 1. The highest BCUT2D eigenvalue weighted by atomic mass is 19.1. The largest absolute Gasteiger partial charge is 0.454 e. The molecule has 182 valence electrons. The zero-order chi connectivity index (χ0) is 25.0. The van der Waals surface area contributed by atoms with Gasteiger partial charge in [0.2, 0.25) is 5.69 Å². The molecule has 0 radical (unpaired) electrons. The summed E-state index contributed by atoms with van der Waals surface area (Å²) in [7, 11) is 2.01. The number of rotatable bonds is 3. The Balaban J connectivity index is 1.47. The average molecular weight is 479 g/mol. The van der Waals surface area contributed by atoms with E-state index < -0.39 is 0 Å². The molecule has 0 amide bonds. The minimum Gasteiger partial charge on any atom is -0.454 e. The predicted octanol–water partition coefficient (Wildman–Crippen LogP) is 8.88. The molecule has 0 atom stereocenters. The van der Waals surface area contributed by atoms with Gasteiger partial charge in [0.25, 0.3) is 0 Å². The molecule has 1 aliphatic carbocycles. The fourth-order valence-corrected chi connectivity index (χ4v) is 6.04. The maximum absolute atomic E-state index is 15.4. The van der Waals surface area contributed by atoms with Crippen LogP contribution in [0.1, 0.15) is 56.6 Å². The van der Waals surface area contributed by atoms with Crippen molar-refractivity contribution >= 4 is 21.9 Å². The standard InChI is InChI=1S/C33H33FNO/c1-21-20-27(34)30-26-9-7-8-25(31(26)36-32(30)29(21)28-10-5-6-19-35(28)4)24-13-11-22(12-14-24)23-15-17-33(2,3)18-16-23/h5-14,19-20,23H,15-18H2,1-4H3/q+1. The van der Waals surface area contributed by atoms with E-state index in [1.54, 1.807) is 6.07 Å². The number of furan rings is 1. The third-order valence-electron chi connectivity index (χ3n) is 8.26. The molecule has 2 aromatic heterocycles. The van der Waals surface area contributed by atoms with E-state index in [9.17, 15) is 0 Å². The van der Waals surface area contributed by atoms with Gasteiger partial charge in [-0.25, -0.2) is 8.96 Å². The fraction of sp³-hybridized carbons (Fsp3) is 0.303. The maximum atomic E-state index is 15.4. The summed E-state index contributed by atoms with van der Waals surface area (Å²) in [6, 6.07) is 22.7. The van der Waals surface area contributed by atoms with E-state index in [0.717, 1.165) is 38.9 Å². The molecule has 0 bridgehead atoms. The van der Waals surface area contributed by atoms with Gasteiger partial charge in [0, 0.05) is 23.1 Å². The SMILES string of the molecule is Cc1cc(F)c2c(oc3c(-c4ccc(C5CCC(C)(C)CC5)cc4)cccc32)c1-c1cccc[n+]1C. The van der Waals surface area contributed by atoms with Crippen molar-refractivity contribution in [1.29, 1.82) is 0 Å². The van der Waals surface area contributed by atoms with Gasteiger partial charge >= 0.3 is 0 Å². The number of para-hydroxylation sites is 1. The first-order valence-electron chi connectivity index (χ1n) is 13.0. The van der Waals surface area contributed by atoms with Gasteiger partial charge < -0.3 is 4.42 Å². The Morgan fingerprint density at radius 2 is 1.67 bits per heavy atom. The lowest BCUT2D eigenvalue weighted by atomic mass is 9.71. The molecule has 1 aliphatic rings. The normalized spacial score (nSPS) is 16.1. The summed E-state index contributed by atoms with van der Waals surface area (Å²) >= 11 is 0. The monoisotopic (exact) mass is 478 g/mol. The molecule has 5 aromatic rings. The van der Waals surface area contributed by atoms with Crippen molar-refractivity contribution in [3.05, 3.63) is 89.9 Å². The van der Waals surface area contributed by atoms with Gasteiger partial charge in [-0.2, -0.15) is 0 Å². The van der Waals surface area contributed by atoms with Crippen LogP contribution in [0.2, 0.25) is 0 Å². The number of benzene rings is 3. The topological polar surface area (TPSA) is 17.0 Å². The number of fused-ring (bicyclic) bond motifs is 3. The Morgan fingerprint density at radius 3 is 2.39 bits per heavy atom. The number of pyridine rings is 1. The summed E-state index contributed by atoms with van der Waals surface area (Å²) in [6.07, 6.45) is 7.08. The number of halogens is 1. The summed E-state index contributed by atoms with van der Waals surface area (Å²) < 4.78 is 24.0. The van der Waals surface area contributed by atoms with Crippen molar-refractivity contribution in [1.82, 2.24) is 0 Å². The van der Waals surface area contributed by atoms with Crippen molar-refractivity contribution in [3.8, 4) is 22.4 Å². The van der Waals surface area contributed by atoms with Gasteiger partial charge in [0.05, 0.1) is 10.9 Å². The van der Waals surface area contributed by atoms with Crippen LogP contribution in [0, 0.1) is 18.2 Å². The van der Waals surface area contributed by atoms with Crippen molar-refractivity contribution in [2.24, 2.45) is 12.5 Å². The van der Waals surface area contributed by atoms with E-state index in [0.29, 0.717) is 22.3 Å². The molecule has 0 aliphatic heterocycles. The van der Waals surface area contributed by atoms with E-state index >= 15 is 4.39 Å². The molecule has 6 rings (SSSR count). The second-order valence-electron chi connectivity index (χ2n) is 11.3. The third kappa shape index (κ3) is 3.82. The second-order valence-corrected chi connectivity index (χ2v) is 11.3. The maximum Gasteiger partial charge on any atom is 0.216 e. The first-order chi connectivity index (χ1) is 17.3. The molecule has 0 saturated heterocycles. The second kappa shape index (κ2) is 8.58. The number of hydrogen-bond donors (Lipinski definition) is 0. The number of hydrogen-bond acceptors (Lipinski definition) is 1. The van der Waals surface area contributed by atoms with Crippen LogP contribution in [0.3, 0.4) is 0 Å². The molecule has 1 saturated carbocycles. The van der Waals surface area contributed by atoms with Crippen LogP contribution in [0.15, 0.2) is 77.3 Å². The Morgan fingerprint density at radius 1 is 0.917 bits per heavy atom. The lowest BCUT2D eigenvalue weighted by Crippen LogP contribution is -2.30. The summed E-state index contributed by atoms with van der Waals surface area (Å²) in [4.78, 5) is 0. The van der Waals surface area contributed by atoms with Crippen LogP contribution >= 0.6 is 0 Å². The van der Waals surface area contributed by atoms with Crippen molar-refractivity contribution < 1.29 is 13.4 Å². The van der Waals surface area contributed by atoms with Crippen molar-refractivity contribution in [2.45, 2.75) is 52.4 Å². The van der Waals surface area contributed by atoms with E-state index in [4.69, 9.17) is 4.42 Å². The van der Waals surface area contributed by atoms with Gasteiger partial charge in [-0.05, 0) is 72.8 Å². The molecule has 0 N–H and O–H groups in total. The van der Waals surface area contributed by atoms with Gasteiger partial charge in [-0.15, -0.1) is 0 Å². The molecule has 0 unspecified atom stereocenters. The Hall–Kier alpha value is -3.46. The van der Waals surface area contributed by atoms with Gasteiger partial charge in [0.15, 0.2) is 11.8 Å². The van der Waals surface area contributed by atoms with Crippen LogP contribution in [0.4, 0.5) is 4.39 Å². The van der Waals surface area contributed by atoms with Crippen LogP contribution in [0.5, 0.6) is 0 Å². The summed E-state index contributed by atoms with van der Waals surface area (Å²) in [5, 5.41) is 1.37. The predicted molar refractivity (Wildman–Crippen MR) is 145 cm³/mol. The Kier molecular flexibility index (Phi) is 5.48. The number of nitrogens with zero attached hydrogens (tertiary/aromatic N) is 1. The molecule has 0 spiro atoms. The van der Waals surface area contributed by atoms with Crippen LogP contribution < -0.4 is 4.57 Å². The van der Waals surface area contributed by atoms with Crippen LogP contribution in [0.25, 0.3) is 44.3 Å². The lowest BCUT2D eigenvalue weighted by Gasteiger charge is -2.34. The minimum absolute atomic E-state index is 0.240. The van der Waals surface area contributed by atoms with E-state index in [2.05, 4.69) is 54.8 Å². The minimum atomic E-state index is -0.240. The van der Waals surface area contributed by atoms with Gasteiger partial charge in [-0.1, -0.05) is 56.3 Å². The van der Waals surface area contributed by atoms with Crippen molar-refractivity contribution in [2.75, 3.05) is 0 Å². The molecular formula is C33H33FNO+. The van der Waals surface area contributed by atoms with Crippen LogP contribution in [-0.4, -0.2) is 0 Å². The summed E-state index contributed by atoms with van der Waals surface area (Å²) in [6.45, 7) is 6.71. The molecular weight excluding hydrogens is 445 g/mol. The molecule has 36 heavy (non-hydrogen) atoms. The highest BCUT2D eigenvalue weighted by Gasteiger charge is 2.28. The number of aryl methyl sites for hydroxylation is 2. The summed E-state index contributed by atoms with van der Waals surface area (Å²) in [5.74, 6) is 0.400. The van der Waals surface area contributed by atoms with E-state index in [1.165, 1.54) is 31.2 Å². The summed E-state index contributed by atoms with van der Waals surface area (Å²) in [5.41, 5.74) is 8.14. The van der Waals surface area contributed by atoms with Gasteiger partial charge in [0.1, 0.15) is 18.4 Å². The smallest absolute Gasteiger partial charge is 0.216 e. The molecule has 2 nitrogen and oxygen atoms in total. The molecule has 2 heterocycles. The highest BCUT2D eigenvalue weighted by Crippen LogP contribution is 2.44. The van der Waals surface area contributed by atoms with E-state index in [1.807, 2.05) is 44.4 Å². The Labute approximate surface area is 212 Å². The van der Waals surface area contributed by atoms with Crippen molar-refractivity contribution in [3.63, 3.8) is 0 Å². The lowest BCUT2D eigenvalue weighted by molar-refractivity contribution is -0.660. The Bertz CT molecular complexity index is 1580. The molecule has 1 fully saturated rings. The first kappa shape index (κ1) is 23.0. The van der Waals surface area contributed by atoms with E-state index in [-0.39, 0.29) is 5.82 Å². The third-order valence-corrected chi connectivity index (χ3v) is 8.26. The zero-order valence-electron chi connectivity index (χ0n) is 21.6. The first-order valence-corrected chi connectivity index (χ1v) is 13.0. The highest BCUT2D eigenvalue weighted by molar-refractivity contribution is 6.13. The molecule has 3 heteroatoms. The average Bonchev–Trinajstić information content (AvgIpc) is 3.25. The quantitative estimate of drug-likeness (QED) is 0.237. The molecule has 3 aromatic carbocycles.